The molecule has 2 rings (SSSR count). The third-order valence-corrected chi connectivity index (χ3v) is 3.13. The lowest BCUT2D eigenvalue weighted by Gasteiger charge is -2.13. The molecule has 2 heterocycles. The molecule has 1 fully saturated rings. The summed E-state index contributed by atoms with van der Waals surface area (Å²) in [6.07, 6.45) is 0. The normalized spacial score (nSPS) is 25.9. The van der Waals surface area contributed by atoms with Crippen LogP contribution in [0.3, 0.4) is 0 Å². The number of ether oxygens (including phenoxy) is 1. The number of aryl methyl sites for hydroxylation is 1. The summed E-state index contributed by atoms with van der Waals surface area (Å²) in [6.45, 7) is 3.49. The minimum absolute atomic E-state index is 0.111. The summed E-state index contributed by atoms with van der Waals surface area (Å²) in [5, 5.41) is 0. The Morgan fingerprint density at radius 2 is 2.25 bits per heavy atom. The Kier molecular flexibility index (Phi) is 3.01. The Morgan fingerprint density at radius 3 is 2.81 bits per heavy atom. The number of carbonyl (C=O) groups is 1. The van der Waals surface area contributed by atoms with Crippen LogP contribution in [0.1, 0.15) is 17.4 Å². The zero-order valence-electron chi connectivity index (χ0n) is 9.90. The van der Waals surface area contributed by atoms with Crippen molar-refractivity contribution in [3.63, 3.8) is 0 Å². The van der Waals surface area contributed by atoms with Crippen molar-refractivity contribution >= 4 is 5.97 Å². The van der Waals surface area contributed by atoms with Crippen LogP contribution in [0.4, 0.5) is 0 Å². The third kappa shape index (κ3) is 1.97. The van der Waals surface area contributed by atoms with E-state index in [1.54, 1.807) is 0 Å². The van der Waals surface area contributed by atoms with Gasteiger partial charge in [-0.05, 0) is 26.1 Å². The maximum atomic E-state index is 11.7. The van der Waals surface area contributed by atoms with Gasteiger partial charge in [-0.15, -0.1) is 0 Å². The minimum atomic E-state index is -0.150. The minimum Gasteiger partial charge on any atom is -0.469 e. The zero-order chi connectivity index (χ0) is 11.7. The Hall–Kier alpha value is -1.29. The lowest BCUT2D eigenvalue weighted by atomic mass is 9.94. The standard InChI is InChI=1S/C12H17NO3/c1-8-4-5-11(16-8)9-6-13(2)7-10(9)12(14)15-3/h4-5,9-10H,6-7H2,1-3H3/t9-,10-/m1/s1. The first kappa shape index (κ1) is 11.2. The van der Waals surface area contributed by atoms with E-state index in [0.29, 0.717) is 0 Å². The van der Waals surface area contributed by atoms with Crippen molar-refractivity contribution in [2.24, 2.45) is 5.92 Å². The number of methoxy groups -OCH3 is 1. The van der Waals surface area contributed by atoms with Crippen molar-refractivity contribution in [3.05, 3.63) is 23.7 Å². The average molecular weight is 223 g/mol. The molecule has 1 aliphatic rings. The quantitative estimate of drug-likeness (QED) is 0.711. The van der Waals surface area contributed by atoms with Gasteiger partial charge in [-0.1, -0.05) is 0 Å². The topological polar surface area (TPSA) is 42.7 Å². The highest BCUT2D eigenvalue weighted by atomic mass is 16.5. The molecular weight excluding hydrogens is 206 g/mol. The molecule has 0 saturated carbocycles. The van der Waals surface area contributed by atoms with Crippen LogP contribution in [0.15, 0.2) is 16.5 Å². The SMILES string of the molecule is COC(=O)[C@@H]1CN(C)C[C@H]1c1ccc(C)o1. The Bertz CT molecular complexity index is 385. The molecule has 0 aromatic carbocycles. The van der Waals surface area contributed by atoms with Crippen LogP contribution in [-0.4, -0.2) is 38.1 Å². The lowest BCUT2D eigenvalue weighted by molar-refractivity contribution is -0.145. The van der Waals surface area contributed by atoms with Crippen LogP contribution >= 0.6 is 0 Å². The summed E-state index contributed by atoms with van der Waals surface area (Å²) in [7, 11) is 3.44. The first-order valence-corrected chi connectivity index (χ1v) is 5.44. The summed E-state index contributed by atoms with van der Waals surface area (Å²) in [6, 6.07) is 3.89. The molecule has 0 N–H and O–H groups in total. The molecule has 16 heavy (non-hydrogen) atoms. The van der Waals surface area contributed by atoms with Gasteiger partial charge in [0.25, 0.3) is 0 Å². The van der Waals surface area contributed by atoms with Gasteiger partial charge in [0, 0.05) is 19.0 Å². The third-order valence-electron chi connectivity index (χ3n) is 3.13. The predicted octanol–water partition coefficient (Wildman–Crippen LogP) is 1.41. The number of likely N-dealkylation sites (tertiary alicyclic amines) is 1. The molecule has 1 aromatic heterocycles. The highest BCUT2D eigenvalue weighted by Crippen LogP contribution is 2.33. The van der Waals surface area contributed by atoms with E-state index >= 15 is 0 Å². The molecule has 0 spiro atoms. The van der Waals surface area contributed by atoms with Gasteiger partial charge in [0.1, 0.15) is 11.5 Å². The van der Waals surface area contributed by atoms with Crippen molar-refractivity contribution in [1.29, 1.82) is 0 Å². The van der Waals surface area contributed by atoms with E-state index in [-0.39, 0.29) is 17.8 Å². The molecule has 4 nitrogen and oxygen atoms in total. The summed E-state index contributed by atoms with van der Waals surface area (Å²) in [5.74, 6) is 1.63. The molecule has 0 radical (unpaired) electrons. The van der Waals surface area contributed by atoms with E-state index in [9.17, 15) is 4.79 Å². The predicted molar refractivity (Wildman–Crippen MR) is 59.2 cm³/mol. The molecular formula is C12H17NO3. The highest BCUT2D eigenvalue weighted by Gasteiger charge is 2.39. The fourth-order valence-corrected chi connectivity index (χ4v) is 2.33. The number of carbonyl (C=O) groups excluding carboxylic acids is 1. The van der Waals surface area contributed by atoms with E-state index in [1.165, 1.54) is 7.11 Å². The second-order valence-corrected chi connectivity index (χ2v) is 4.41. The lowest BCUT2D eigenvalue weighted by Crippen LogP contribution is -2.23. The number of esters is 1. The molecule has 0 amide bonds. The fraction of sp³-hybridized carbons (Fsp3) is 0.583. The monoisotopic (exact) mass is 223 g/mol. The van der Waals surface area contributed by atoms with Crippen molar-refractivity contribution < 1.29 is 13.9 Å². The molecule has 1 aliphatic heterocycles. The van der Waals surface area contributed by atoms with Gasteiger partial charge in [0.05, 0.1) is 13.0 Å². The number of hydrogen-bond donors (Lipinski definition) is 0. The van der Waals surface area contributed by atoms with Crippen LogP contribution in [0.25, 0.3) is 0 Å². The Labute approximate surface area is 95.2 Å². The van der Waals surface area contributed by atoms with Crippen LogP contribution in [0.2, 0.25) is 0 Å². The Morgan fingerprint density at radius 1 is 1.50 bits per heavy atom. The molecule has 2 atom stereocenters. The van der Waals surface area contributed by atoms with E-state index < -0.39 is 0 Å². The molecule has 0 bridgehead atoms. The van der Waals surface area contributed by atoms with Gasteiger partial charge in [0.2, 0.25) is 0 Å². The second-order valence-electron chi connectivity index (χ2n) is 4.41. The van der Waals surface area contributed by atoms with Gasteiger partial charge in [-0.2, -0.15) is 0 Å². The van der Waals surface area contributed by atoms with Crippen molar-refractivity contribution in [1.82, 2.24) is 4.90 Å². The van der Waals surface area contributed by atoms with Crippen molar-refractivity contribution in [2.45, 2.75) is 12.8 Å². The summed E-state index contributed by atoms with van der Waals surface area (Å²) < 4.78 is 10.4. The van der Waals surface area contributed by atoms with Crippen LogP contribution in [0.5, 0.6) is 0 Å². The average Bonchev–Trinajstić information content (AvgIpc) is 2.83. The van der Waals surface area contributed by atoms with E-state index in [1.807, 2.05) is 26.1 Å². The van der Waals surface area contributed by atoms with E-state index in [4.69, 9.17) is 9.15 Å². The van der Waals surface area contributed by atoms with E-state index in [2.05, 4.69) is 4.90 Å². The molecule has 88 valence electrons. The summed E-state index contributed by atoms with van der Waals surface area (Å²) >= 11 is 0. The van der Waals surface area contributed by atoms with Crippen molar-refractivity contribution in [2.75, 3.05) is 27.2 Å². The van der Waals surface area contributed by atoms with E-state index in [0.717, 1.165) is 24.6 Å². The first-order chi connectivity index (χ1) is 7.61. The maximum absolute atomic E-state index is 11.7. The highest BCUT2D eigenvalue weighted by molar-refractivity contribution is 5.74. The van der Waals surface area contributed by atoms with Gasteiger partial charge in [-0.25, -0.2) is 0 Å². The molecule has 1 saturated heterocycles. The number of furan rings is 1. The first-order valence-electron chi connectivity index (χ1n) is 5.44. The van der Waals surface area contributed by atoms with Gasteiger partial charge < -0.3 is 14.1 Å². The van der Waals surface area contributed by atoms with Crippen LogP contribution in [0, 0.1) is 12.8 Å². The smallest absolute Gasteiger partial charge is 0.310 e. The van der Waals surface area contributed by atoms with Crippen LogP contribution < -0.4 is 0 Å². The second kappa shape index (κ2) is 4.29. The molecule has 1 aromatic rings. The zero-order valence-corrected chi connectivity index (χ0v) is 9.90. The van der Waals surface area contributed by atoms with Gasteiger partial charge in [0.15, 0.2) is 0 Å². The van der Waals surface area contributed by atoms with Crippen LogP contribution in [-0.2, 0) is 9.53 Å². The van der Waals surface area contributed by atoms with Gasteiger partial charge in [-0.3, -0.25) is 4.79 Å². The number of rotatable bonds is 2. The number of nitrogens with zero attached hydrogens (tertiary/aromatic N) is 1. The largest absolute Gasteiger partial charge is 0.469 e. The summed E-state index contributed by atoms with van der Waals surface area (Å²) in [4.78, 5) is 13.8. The molecule has 0 unspecified atom stereocenters. The maximum Gasteiger partial charge on any atom is 0.310 e. The Balaban J connectivity index is 2.21. The van der Waals surface area contributed by atoms with Crippen molar-refractivity contribution in [3.8, 4) is 0 Å². The molecule has 0 aliphatic carbocycles. The fourth-order valence-electron chi connectivity index (χ4n) is 2.33. The molecule has 4 heteroatoms. The number of likely N-dealkylation sites (N-methyl/N-ethyl adjacent to an activating group) is 1. The van der Waals surface area contributed by atoms with Gasteiger partial charge >= 0.3 is 5.97 Å². The number of hydrogen-bond acceptors (Lipinski definition) is 4. The summed E-state index contributed by atoms with van der Waals surface area (Å²) in [5.41, 5.74) is 0.